The van der Waals surface area contributed by atoms with Crippen molar-refractivity contribution in [2.45, 2.75) is 38.7 Å². The second kappa shape index (κ2) is 5.41. The predicted molar refractivity (Wildman–Crippen MR) is 52.2 cm³/mol. The molecule has 1 rings (SSSR count). The Morgan fingerprint density at radius 3 is 2.40 bits per heavy atom. The zero-order valence-corrected chi connectivity index (χ0v) is 8.68. The van der Waals surface area contributed by atoms with E-state index >= 15 is 0 Å². The Hall–Kier alpha value is -1.48. The third kappa shape index (κ3) is 3.64. The van der Waals surface area contributed by atoms with Gasteiger partial charge < -0.3 is 10.3 Å². The first-order valence-electron chi connectivity index (χ1n) is 5.02. The highest BCUT2D eigenvalue weighted by Gasteiger charge is 2.28. The number of ketones is 1. The molecule has 0 radical (unpaired) electrons. The molecule has 0 unspecified atom stereocenters. The Balaban J connectivity index is 2.38. The maximum Gasteiger partial charge on any atom is 0.323 e. The largest absolute Gasteiger partial charge is 0.463 e. The molecule has 0 aromatic rings. The molecule has 0 atom stereocenters. The number of rotatable bonds is 3. The van der Waals surface area contributed by atoms with Crippen LogP contribution < -0.4 is 0 Å². The van der Waals surface area contributed by atoms with Gasteiger partial charge in [0.15, 0.2) is 0 Å². The van der Waals surface area contributed by atoms with Gasteiger partial charge in [0, 0.05) is 12.8 Å². The van der Waals surface area contributed by atoms with Gasteiger partial charge in [-0.15, -0.1) is 0 Å². The number of carbonyl (C=O) groups excluding carboxylic acids is 2. The minimum absolute atomic E-state index is 0.0578. The smallest absolute Gasteiger partial charge is 0.323 e. The van der Waals surface area contributed by atoms with Gasteiger partial charge in [0.05, 0.1) is 0 Å². The second-order valence-corrected chi connectivity index (χ2v) is 3.73. The molecule has 0 N–H and O–H groups in total. The third-order valence-corrected chi connectivity index (χ3v) is 2.59. The molecular formula is C10H14N2O3. The van der Waals surface area contributed by atoms with Crippen molar-refractivity contribution in [1.29, 1.82) is 0 Å². The molecule has 0 aromatic heterocycles. The minimum Gasteiger partial charge on any atom is -0.463 e. The van der Waals surface area contributed by atoms with Gasteiger partial charge in [0.2, 0.25) is 5.78 Å². The maximum absolute atomic E-state index is 11.3. The van der Waals surface area contributed by atoms with Crippen molar-refractivity contribution in [3.05, 3.63) is 5.53 Å². The van der Waals surface area contributed by atoms with E-state index in [0.29, 0.717) is 25.7 Å². The van der Waals surface area contributed by atoms with Crippen LogP contribution in [0.25, 0.3) is 5.53 Å². The summed E-state index contributed by atoms with van der Waals surface area (Å²) in [6.07, 6.45) is 3.66. The molecule has 1 saturated carbocycles. The van der Waals surface area contributed by atoms with E-state index in [4.69, 9.17) is 10.3 Å². The van der Waals surface area contributed by atoms with E-state index in [1.54, 1.807) is 0 Å². The van der Waals surface area contributed by atoms with Crippen LogP contribution in [0.2, 0.25) is 0 Å². The Labute approximate surface area is 88.0 Å². The average Bonchev–Trinajstić information content (AvgIpc) is 2.18. The van der Waals surface area contributed by atoms with Crippen LogP contribution in [0, 0.1) is 5.92 Å². The van der Waals surface area contributed by atoms with Crippen molar-refractivity contribution in [3.63, 3.8) is 0 Å². The molecule has 5 heteroatoms. The summed E-state index contributed by atoms with van der Waals surface area (Å²) in [5.74, 6) is -0.520. The minimum atomic E-state index is -0.276. The van der Waals surface area contributed by atoms with Gasteiger partial charge in [-0.2, -0.15) is 4.79 Å². The van der Waals surface area contributed by atoms with Crippen LogP contribution in [0.1, 0.15) is 32.6 Å². The Kier molecular flexibility index (Phi) is 4.18. The molecule has 0 aromatic carbocycles. The Morgan fingerprint density at radius 1 is 1.33 bits per heavy atom. The highest BCUT2D eigenvalue weighted by Crippen LogP contribution is 2.26. The molecule has 0 amide bonds. The van der Waals surface area contributed by atoms with Crippen molar-refractivity contribution in [3.8, 4) is 0 Å². The van der Waals surface area contributed by atoms with Crippen LogP contribution in [-0.4, -0.2) is 28.9 Å². The summed E-state index contributed by atoms with van der Waals surface area (Å²) in [5.41, 5.74) is 8.22. The fourth-order valence-electron chi connectivity index (χ4n) is 1.86. The van der Waals surface area contributed by atoms with Gasteiger partial charge in [0.25, 0.3) is 0 Å². The molecule has 0 bridgehead atoms. The van der Waals surface area contributed by atoms with E-state index in [1.165, 1.54) is 6.92 Å². The monoisotopic (exact) mass is 210 g/mol. The average molecular weight is 210 g/mol. The summed E-state index contributed by atoms with van der Waals surface area (Å²) in [7, 11) is 0. The first-order chi connectivity index (χ1) is 7.13. The second-order valence-electron chi connectivity index (χ2n) is 3.73. The molecule has 0 saturated heterocycles. The van der Waals surface area contributed by atoms with Crippen LogP contribution in [0.3, 0.4) is 0 Å². The third-order valence-electron chi connectivity index (χ3n) is 2.59. The van der Waals surface area contributed by atoms with Gasteiger partial charge in [-0.25, -0.2) is 0 Å². The quantitative estimate of drug-likeness (QED) is 0.301. The molecule has 0 spiro atoms. The highest BCUT2D eigenvalue weighted by molar-refractivity contribution is 6.26. The lowest BCUT2D eigenvalue weighted by molar-refractivity contribution is -0.148. The summed E-state index contributed by atoms with van der Waals surface area (Å²) in [6.45, 7) is 1.38. The van der Waals surface area contributed by atoms with Crippen molar-refractivity contribution in [2.24, 2.45) is 5.92 Å². The Morgan fingerprint density at radius 2 is 1.93 bits per heavy atom. The fourth-order valence-corrected chi connectivity index (χ4v) is 1.86. The lowest BCUT2D eigenvalue weighted by Gasteiger charge is -2.25. The van der Waals surface area contributed by atoms with Crippen molar-refractivity contribution < 1.29 is 19.1 Å². The predicted octanol–water partition coefficient (Wildman–Crippen LogP) is 0.978. The SMILES string of the molecule is CC(=O)OC1CCC(C(=O)C=[N+]=[N-])CC1. The van der Waals surface area contributed by atoms with Crippen LogP contribution >= 0.6 is 0 Å². The number of nitrogens with zero attached hydrogens (tertiary/aromatic N) is 2. The zero-order chi connectivity index (χ0) is 11.3. The van der Waals surface area contributed by atoms with Crippen LogP contribution in [-0.2, 0) is 14.3 Å². The van der Waals surface area contributed by atoms with Gasteiger partial charge in [-0.3, -0.25) is 9.59 Å². The van der Waals surface area contributed by atoms with E-state index in [9.17, 15) is 9.59 Å². The van der Waals surface area contributed by atoms with Crippen LogP contribution in [0.15, 0.2) is 0 Å². The summed E-state index contributed by atoms with van der Waals surface area (Å²) < 4.78 is 5.05. The summed E-state index contributed by atoms with van der Waals surface area (Å²) >= 11 is 0. The molecule has 82 valence electrons. The standard InChI is InChI=1S/C10H14N2O3/c1-7(13)15-9-4-2-8(3-5-9)10(14)6-12-11/h6,8-9H,2-5H2,1H3. The molecule has 15 heavy (non-hydrogen) atoms. The lowest BCUT2D eigenvalue weighted by Crippen LogP contribution is -2.28. The maximum atomic E-state index is 11.3. The molecule has 5 nitrogen and oxygen atoms in total. The lowest BCUT2D eigenvalue weighted by atomic mass is 9.85. The summed E-state index contributed by atoms with van der Waals surface area (Å²) in [4.78, 5) is 24.7. The molecule has 1 aliphatic rings. The van der Waals surface area contributed by atoms with Crippen molar-refractivity contribution in [1.82, 2.24) is 0 Å². The van der Waals surface area contributed by atoms with Crippen molar-refractivity contribution in [2.75, 3.05) is 0 Å². The normalized spacial score (nSPS) is 25.1. The van der Waals surface area contributed by atoms with Gasteiger partial charge >= 0.3 is 12.2 Å². The van der Waals surface area contributed by atoms with E-state index in [0.717, 1.165) is 6.21 Å². The number of esters is 1. The highest BCUT2D eigenvalue weighted by atomic mass is 16.5. The molecule has 1 aliphatic carbocycles. The fraction of sp³-hybridized carbons (Fsp3) is 0.700. The molecular weight excluding hydrogens is 196 g/mol. The van der Waals surface area contributed by atoms with E-state index in [-0.39, 0.29) is 23.8 Å². The topological polar surface area (TPSA) is 79.8 Å². The van der Waals surface area contributed by atoms with Gasteiger partial charge in [0.1, 0.15) is 6.10 Å². The van der Waals surface area contributed by atoms with Crippen LogP contribution in [0.5, 0.6) is 0 Å². The molecule has 0 heterocycles. The van der Waals surface area contributed by atoms with E-state index in [2.05, 4.69) is 4.79 Å². The van der Waals surface area contributed by atoms with Gasteiger partial charge in [-0.05, 0) is 25.7 Å². The van der Waals surface area contributed by atoms with Crippen LogP contribution in [0.4, 0.5) is 0 Å². The van der Waals surface area contributed by atoms with E-state index < -0.39 is 0 Å². The van der Waals surface area contributed by atoms with Crippen molar-refractivity contribution >= 4 is 18.0 Å². The summed E-state index contributed by atoms with van der Waals surface area (Å²) in [5, 5.41) is 0. The Bertz CT molecular complexity index is 300. The first-order valence-corrected chi connectivity index (χ1v) is 5.02. The number of carbonyl (C=O) groups is 2. The first kappa shape index (κ1) is 11.6. The molecule has 1 fully saturated rings. The number of ether oxygens (including phenoxy) is 1. The molecule has 0 aliphatic heterocycles. The number of hydrogen-bond acceptors (Lipinski definition) is 3. The summed E-state index contributed by atoms with van der Waals surface area (Å²) in [6, 6.07) is 0. The zero-order valence-electron chi connectivity index (χ0n) is 8.68. The van der Waals surface area contributed by atoms with Gasteiger partial charge in [-0.1, -0.05) is 0 Å². The van der Waals surface area contributed by atoms with E-state index in [1.807, 2.05) is 0 Å². The number of hydrogen-bond donors (Lipinski definition) is 0. The number of Topliss-reactive ketones (excluding diaryl/α,β-unsaturated/α-hetero) is 1.